The van der Waals surface area contributed by atoms with Crippen molar-refractivity contribution in [1.29, 1.82) is 0 Å². The van der Waals surface area contributed by atoms with Crippen LogP contribution in [-0.2, 0) is 14.3 Å². The molecule has 3 N–H and O–H groups in total. The summed E-state index contributed by atoms with van der Waals surface area (Å²) in [6.45, 7) is 5.50. The highest BCUT2D eigenvalue weighted by Crippen LogP contribution is 2.43. The molecular formula is C27H35N3O6. The number of benzene rings is 2. The Kier molecular flexibility index (Phi) is 10.3. The predicted molar refractivity (Wildman–Crippen MR) is 137 cm³/mol. The quantitative estimate of drug-likeness (QED) is 0.197. The summed E-state index contributed by atoms with van der Waals surface area (Å²) in [4.78, 5) is 18.4. The van der Waals surface area contributed by atoms with Crippen molar-refractivity contribution < 1.29 is 28.8 Å². The zero-order valence-electron chi connectivity index (χ0n) is 20.9. The molecule has 9 nitrogen and oxygen atoms in total. The number of rotatable bonds is 15. The Morgan fingerprint density at radius 3 is 2.67 bits per heavy atom. The molecule has 0 aromatic heterocycles. The van der Waals surface area contributed by atoms with Crippen molar-refractivity contribution >= 4 is 11.8 Å². The van der Waals surface area contributed by atoms with Gasteiger partial charge < -0.3 is 24.1 Å². The van der Waals surface area contributed by atoms with Crippen molar-refractivity contribution in [2.75, 3.05) is 40.6 Å². The van der Waals surface area contributed by atoms with E-state index in [2.05, 4.69) is 17.4 Å². The van der Waals surface area contributed by atoms with E-state index in [-0.39, 0.29) is 18.9 Å². The summed E-state index contributed by atoms with van der Waals surface area (Å²) in [5.74, 6) is 1.35. The maximum absolute atomic E-state index is 13.6. The largest absolute Gasteiger partial charge is 0.497 e. The van der Waals surface area contributed by atoms with E-state index in [1.807, 2.05) is 48.5 Å². The lowest BCUT2D eigenvalue weighted by Gasteiger charge is -2.29. The van der Waals surface area contributed by atoms with Crippen LogP contribution in [0.3, 0.4) is 0 Å². The molecule has 0 bridgehead atoms. The number of hydrazine groups is 1. The number of carbonyl (C=O) groups is 1. The number of nitrogens with one attached hydrogen (secondary N) is 2. The van der Waals surface area contributed by atoms with Gasteiger partial charge in [0.05, 0.1) is 13.7 Å². The number of ether oxygens (including phenoxy) is 4. The Morgan fingerprint density at radius 1 is 1.17 bits per heavy atom. The van der Waals surface area contributed by atoms with E-state index in [4.69, 9.17) is 29.0 Å². The van der Waals surface area contributed by atoms with Crippen LogP contribution in [-0.4, -0.2) is 63.0 Å². The summed E-state index contributed by atoms with van der Waals surface area (Å²) in [5, 5.41) is 8.94. The Bertz CT molecular complexity index is 1030. The average Bonchev–Trinajstić information content (AvgIpc) is 3.30. The van der Waals surface area contributed by atoms with Gasteiger partial charge in [0.25, 0.3) is 5.91 Å². The molecular weight excluding hydrogens is 462 g/mol. The molecule has 194 valence electrons. The van der Waals surface area contributed by atoms with Gasteiger partial charge >= 0.3 is 0 Å². The van der Waals surface area contributed by atoms with Crippen LogP contribution in [0.2, 0.25) is 0 Å². The molecule has 3 rings (SSSR count). The number of nitrogens with zero attached hydrogens (tertiary/aromatic N) is 1. The molecule has 0 spiro atoms. The lowest BCUT2D eigenvalue weighted by Crippen LogP contribution is -2.52. The first-order valence-electron chi connectivity index (χ1n) is 12.0. The Morgan fingerprint density at radius 2 is 1.97 bits per heavy atom. The van der Waals surface area contributed by atoms with Gasteiger partial charge in [-0.05, 0) is 48.4 Å². The van der Waals surface area contributed by atoms with Gasteiger partial charge in [0.2, 0.25) is 5.90 Å². The van der Waals surface area contributed by atoms with Gasteiger partial charge in [-0.2, -0.15) is 0 Å². The second kappa shape index (κ2) is 13.6. The summed E-state index contributed by atoms with van der Waals surface area (Å²) in [6.07, 6.45) is 2.51. The topological polar surface area (TPSA) is 111 Å². The molecule has 0 saturated heterocycles. The summed E-state index contributed by atoms with van der Waals surface area (Å²) in [5.41, 5.74) is 5.95. The summed E-state index contributed by atoms with van der Waals surface area (Å²) in [7, 11) is 3.23. The van der Waals surface area contributed by atoms with Crippen LogP contribution in [0, 0.1) is 0 Å². The maximum atomic E-state index is 13.6. The first-order chi connectivity index (χ1) is 17.6. The Labute approximate surface area is 212 Å². The van der Waals surface area contributed by atoms with E-state index < -0.39 is 11.6 Å². The van der Waals surface area contributed by atoms with Crippen molar-refractivity contribution in [2.45, 2.75) is 30.9 Å². The summed E-state index contributed by atoms with van der Waals surface area (Å²) >= 11 is 0. The van der Waals surface area contributed by atoms with E-state index in [9.17, 15) is 4.79 Å². The number of aliphatic hydroxyl groups excluding tert-OH is 1. The van der Waals surface area contributed by atoms with Crippen LogP contribution in [0.5, 0.6) is 11.5 Å². The molecule has 0 radical (unpaired) electrons. The fraction of sp³-hybridized carbons (Fsp3) is 0.407. The minimum absolute atomic E-state index is 0.0725. The predicted octanol–water partition coefficient (Wildman–Crippen LogP) is 2.95. The van der Waals surface area contributed by atoms with Gasteiger partial charge in [0.15, 0.2) is 11.6 Å². The molecule has 1 aliphatic rings. The standard InChI is InChI=1S/C27H35N3O6/c1-4-14-27(26(32)30-28-15-6-17-33-2)24(21-8-5-9-23(19-21)34-3)36-25(29-27)20-10-12-22(13-11-20)35-18-7-16-31/h4-5,8-13,19,24,28,31H,1,6-7,14-18H2,2-3H3,(H,30,32)/t24-,27-/m0/s1. The van der Waals surface area contributed by atoms with Gasteiger partial charge in [-0.1, -0.05) is 18.2 Å². The zero-order chi connectivity index (χ0) is 25.8. The van der Waals surface area contributed by atoms with Crippen molar-refractivity contribution in [1.82, 2.24) is 10.9 Å². The third-order valence-electron chi connectivity index (χ3n) is 5.73. The lowest BCUT2D eigenvalue weighted by molar-refractivity contribution is -0.129. The fourth-order valence-electron chi connectivity index (χ4n) is 3.90. The molecule has 1 heterocycles. The van der Waals surface area contributed by atoms with Gasteiger partial charge in [0.1, 0.15) is 11.5 Å². The first kappa shape index (κ1) is 27.2. The van der Waals surface area contributed by atoms with Gasteiger partial charge in [-0.25, -0.2) is 10.4 Å². The third-order valence-corrected chi connectivity index (χ3v) is 5.73. The van der Waals surface area contributed by atoms with E-state index >= 15 is 0 Å². The van der Waals surface area contributed by atoms with Gasteiger partial charge in [0, 0.05) is 45.3 Å². The second-order valence-corrected chi connectivity index (χ2v) is 8.29. The summed E-state index contributed by atoms with van der Waals surface area (Å²) in [6, 6.07) is 14.7. The molecule has 2 aromatic carbocycles. The SMILES string of the molecule is C=CC[C@]1(C(=O)NNCCCOC)N=C(c2ccc(OCCCO)cc2)O[C@H]1c1cccc(OC)c1. The highest BCUT2D eigenvalue weighted by Gasteiger charge is 2.52. The minimum Gasteiger partial charge on any atom is -0.497 e. The van der Waals surface area contributed by atoms with Crippen LogP contribution >= 0.6 is 0 Å². The van der Waals surface area contributed by atoms with Crippen molar-refractivity contribution in [3.8, 4) is 11.5 Å². The normalized spacial score (nSPS) is 18.8. The van der Waals surface area contributed by atoms with Crippen LogP contribution < -0.4 is 20.3 Å². The fourth-order valence-corrected chi connectivity index (χ4v) is 3.90. The molecule has 2 atom stereocenters. The number of aliphatic hydroxyl groups is 1. The second-order valence-electron chi connectivity index (χ2n) is 8.29. The molecule has 0 unspecified atom stereocenters. The smallest absolute Gasteiger partial charge is 0.266 e. The van der Waals surface area contributed by atoms with Gasteiger partial charge in [-0.15, -0.1) is 6.58 Å². The molecule has 0 saturated carbocycles. The van der Waals surface area contributed by atoms with Gasteiger partial charge in [-0.3, -0.25) is 10.2 Å². The van der Waals surface area contributed by atoms with Crippen molar-refractivity contribution in [3.63, 3.8) is 0 Å². The molecule has 1 amide bonds. The monoisotopic (exact) mass is 497 g/mol. The Hall–Kier alpha value is -3.40. The lowest BCUT2D eigenvalue weighted by atomic mass is 9.84. The highest BCUT2D eigenvalue weighted by molar-refractivity contribution is 6.01. The van der Waals surface area contributed by atoms with Crippen LogP contribution in [0.1, 0.15) is 36.5 Å². The first-order valence-corrected chi connectivity index (χ1v) is 12.0. The van der Waals surface area contributed by atoms with Crippen LogP contribution in [0.25, 0.3) is 0 Å². The van der Waals surface area contributed by atoms with Crippen LogP contribution in [0.15, 0.2) is 66.2 Å². The molecule has 0 fully saturated rings. The molecule has 2 aromatic rings. The van der Waals surface area contributed by atoms with E-state index in [1.54, 1.807) is 20.3 Å². The number of hydrogen-bond donors (Lipinski definition) is 3. The molecule has 0 aliphatic carbocycles. The zero-order valence-corrected chi connectivity index (χ0v) is 20.9. The van der Waals surface area contributed by atoms with E-state index in [1.165, 1.54) is 0 Å². The number of carbonyl (C=O) groups excluding carboxylic acids is 1. The minimum atomic E-state index is -1.28. The Balaban J connectivity index is 1.92. The maximum Gasteiger partial charge on any atom is 0.266 e. The highest BCUT2D eigenvalue weighted by atomic mass is 16.5. The number of aliphatic imine (C=N–C) groups is 1. The molecule has 36 heavy (non-hydrogen) atoms. The molecule has 9 heteroatoms. The van der Waals surface area contributed by atoms with E-state index in [0.29, 0.717) is 49.1 Å². The number of hydrogen-bond acceptors (Lipinski definition) is 8. The van der Waals surface area contributed by atoms with Crippen LogP contribution in [0.4, 0.5) is 0 Å². The summed E-state index contributed by atoms with van der Waals surface area (Å²) < 4.78 is 22.5. The number of amides is 1. The third kappa shape index (κ3) is 6.63. The van der Waals surface area contributed by atoms with E-state index in [0.717, 1.165) is 12.0 Å². The number of methoxy groups -OCH3 is 2. The molecule has 1 aliphatic heterocycles. The van der Waals surface area contributed by atoms with Crippen molar-refractivity contribution in [3.05, 3.63) is 72.3 Å². The van der Waals surface area contributed by atoms with Crippen molar-refractivity contribution in [2.24, 2.45) is 4.99 Å². The average molecular weight is 498 g/mol.